The summed E-state index contributed by atoms with van der Waals surface area (Å²) in [6.07, 6.45) is -0.246. The van der Waals surface area contributed by atoms with Crippen molar-refractivity contribution < 1.29 is 35.1 Å². The third-order valence-corrected chi connectivity index (χ3v) is 6.72. The van der Waals surface area contributed by atoms with Crippen LogP contribution in [0.5, 0.6) is 0 Å². The second-order valence-corrected chi connectivity index (χ2v) is 9.70. The maximum atomic E-state index is 12.2. The molecule has 29 heavy (non-hydrogen) atoms. The highest BCUT2D eigenvalue weighted by Gasteiger charge is 2.24. The molecule has 1 atom stereocenters. The Morgan fingerprint density at radius 2 is 1.24 bits per heavy atom. The quantitative estimate of drug-likeness (QED) is 0.557. The Labute approximate surface area is 170 Å². The Morgan fingerprint density at radius 1 is 0.828 bits per heavy atom. The van der Waals surface area contributed by atoms with E-state index < -0.39 is 45.3 Å². The predicted octanol–water partition coefficient (Wildman–Crippen LogP) is 2.51. The predicted molar refractivity (Wildman–Crippen MR) is 104 cm³/mol. The second kappa shape index (κ2) is 9.49. The van der Waals surface area contributed by atoms with Gasteiger partial charge in [0.05, 0.1) is 28.9 Å². The van der Waals surface area contributed by atoms with Crippen LogP contribution in [0.2, 0.25) is 0 Å². The van der Waals surface area contributed by atoms with Crippen LogP contribution in [-0.2, 0) is 33.4 Å². The molecule has 0 aliphatic carbocycles. The van der Waals surface area contributed by atoms with Gasteiger partial charge in [-0.2, -0.15) is 16.8 Å². The van der Waals surface area contributed by atoms with Crippen molar-refractivity contribution in [3.8, 4) is 0 Å². The molecule has 0 amide bonds. The third kappa shape index (κ3) is 6.64. The molecule has 0 aromatic heterocycles. The smallest absolute Gasteiger partial charge is 0.308 e. The molecular formula is C19H22O8S2. The van der Waals surface area contributed by atoms with Crippen LogP contribution in [0, 0.1) is 19.8 Å². The van der Waals surface area contributed by atoms with E-state index in [0.717, 1.165) is 11.1 Å². The van der Waals surface area contributed by atoms with Crippen molar-refractivity contribution in [1.29, 1.82) is 0 Å². The molecule has 0 saturated carbocycles. The number of rotatable bonds is 10. The number of carboxylic acids is 1. The first-order valence-electron chi connectivity index (χ1n) is 8.66. The van der Waals surface area contributed by atoms with E-state index in [1.165, 1.54) is 24.3 Å². The number of hydrogen-bond donors (Lipinski definition) is 1. The first-order valence-corrected chi connectivity index (χ1v) is 11.5. The van der Waals surface area contributed by atoms with Gasteiger partial charge in [-0.1, -0.05) is 35.4 Å². The summed E-state index contributed by atoms with van der Waals surface area (Å²) in [6, 6.07) is 11.9. The van der Waals surface area contributed by atoms with Gasteiger partial charge in [0.1, 0.15) is 0 Å². The summed E-state index contributed by atoms with van der Waals surface area (Å²) in [5.41, 5.74) is 1.74. The van der Waals surface area contributed by atoms with Crippen LogP contribution >= 0.6 is 0 Å². The largest absolute Gasteiger partial charge is 0.481 e. The van der Waals surface area contributed by atoms with E-state index in [1.807, 2.05) is 0 Å². The van der Waals surface area contributed by atoms with Crippen LogP contribution in [-0.4, -0.2) is 41.1 Å². The van der Waals surface area contributed by atoms with E-state index in [2.05, 4.69) is 0 Å². The molecule has 2 aromatic carbocycles. The summed E-state index contributed by atoms with van der Waals surface area (Å²) in [4.78, 5) is 11.2. The van der Waals surface area contributed by atoms with Crippen molar-refractivity contribution in [2.45, 2.75) is 30.1 Å². The Morgan fingerprint density at radius 3 is 1.66 bits per heavy atom. The fraction of sp³-hybridized carbons (Fsp3) is 0.316. The van der Waals surface area contributed by atoms with Gasteiger partial charge in [0.2, 0.25) is 0 Å². The molecule has 0 fully saturated rings. The molecule has 0 aliphatic heterocycles. The van der Waals surface area contributed by atoms with Crippen molar-refractivity contribution in [3.05, 3.63) is 59.7 Å². The van der Waals surface area contributed by atoms with E-state index in [4.69, 9.17) is 8.37 Å². The summed E-state index contributed by atoms with van der Waals surface area (Å²) in [6.45, 7) is 2.53. The van der Waals surface area contributed by atoms with E-state index in [0.29, 0.717) is 0 Å². The van der Waals surface area contributed by atoms with Gasteiger partial charge in [0, 0.05) is 0 Å². The number of benzene rings is 2. The van der Waals surface area contributed by atoms with E-state index >= 15 is 0 Å². The molecular weight excluding hydrogens is 420 g/mol. The second-order valence-electron chi connectivity index (χ2n) is 6.46. The third-order valence-electron chi connectivity index (χ3n) is 4.10. The summed E-state index contributed by atoms with van der Waals surface area (Å²) in [7, 11) is -8.17. The number of carboxylic acid groups (broad SMARTS) is 1. The lowest BCUT2D eigenvalue weighted by molar-refractivity contribution is -0.143. The van der Waals surface area contributed by atoms with Crippen molar-refractivity contribution in [1.82, 2.24) is 0 Å². The summed E-state index contributed by atoms with van der Waals surface area (Å²) in [5, 5.41) is 9.27. The summed E-state index contributed by atoms with van der Waals surface area (Å²) in [5.74, 6) is -2.58. The number of carbonyl (C=O) groups is 1. The zero-order chi connectivity index (χ0) is 21.7. The first-order chi connectivity index (χ1) is 13.5. The number of hydrogen-bond acceptors (Lipinski definition) is 7. The van der Waals surface area contributed by atoms with Gasteiger partial charge in [-0.15, -0.1) is 0 Å². The molecule has 2 rings (SSSR count). The molecule has 10 heteroatoms. The first kappa shape index (κ1) is 23.0. The Bertz CT molecular complexity index is 1040. The molecule has 0 heterocycles. The zero-order valence-corrected chi connectivity index (χ0v) is 17.6. The Balaban J connectivity index is 1.95. The zero-order valence-electron chi connectivity index (χ0n) is 15.9. The van der Waals surface area contributed by atoms with Crippen LogP contribution in [0.3, 0.4) is 0 Å². The lowest BCUT2D eigenvalue weighted by atomic mass is 10.1. The molecule has 0 spiro atoms. The van der Waals surface area contributed by atoms with Crippen molar-refractivity contribution >= 4 is 26.2 Å². The SMILES string of the molecule is Cc1ccc(S(=O)(=O)OCCC(COS(=O)(=O)c2ccc(C)cc2)C(=O)O)cc1. The van der Waals surface area contributed by atoms with Gasteiger partial charge >= 0.3 is 5.97 Å². The van der Waals surface area contributed by atoms with Crippen LogP contribution in [0.25, 0.3) is 0 Å². The number of aryl methyl sites for hydroxylation is 2. The number of aliphatic carboxylic acids is 1. The minimum Gasteiger partial charge on any atom is -0.481 e. The van der Waals surface area contributed by atoms with Crippen molar-refractivity contribution in [2.24, 2.45) is 5.92 Å². The highest BCUT2D eigenvalue weighted by Crippen LogP contribution is 2.17. The standard InChI is InChI=1S/C19H22O8S2/c1-14-3-7-17(8-4-14)28(22,23)26-12-11-16(19(20)21)13-27-29(24,25)18-9-5-15(2)6-10-18/h3-10,16H,11-13H2,1-2H3,(H,20,21). The summed E-state index contributed by atoms with van der Waals surface area (Å²) < 4.78 is 58.3. The fourth-order valence-electron chi connectivity index (χ4n) is 2.30. The van der Waals surface area contributed by atoms with Crippen LogP contribution in [0.15, 0.2) is 58.3 Å². The van der Waals surface area contributed by atoms with Crippen LogP contribution in [0.4, 0.5) is 0 Å². The average Bonchev–Trinajstić information content (AvgIpc) is 2.65. The van der Waals surface area contributed by atoms with Gasteiger partial charge in [0.25, 0.3) is 20.2 Å². The Hall–Kier alpha value is -2.27. The minimum atomic E-state index is -4.13. The molecule has 0 radical (unpaired) electrons. The topological polar surface area (TPSA) is 124 Å². The average molecular weight is 443 g/mol. The normalized spacial score (nSPS) is 13.2. The fourth-order valence-corrected chi connectivity index (χ4v) is 4.17. The van der Waals surface area contributed by atoms with E-state index in [1.54, 1.807) is 38.1 Å². The monoisotopic (exact) mass is 442 g/mol. The highest BCUT2D eigenvalue weighted by atomic mass is 32.2. The summed E-state index contributed by atoms with van der Waals surface area (Å²) >= 11 is 0. The van der Waals surface area contributed by atoms with Gasteiger partial charge in [-0.25, -0.2) is 0 Å². The molecule has 0 bridgehead atoms. The molecule has 0 saturated heterocycles. The molecule has 158 valence electrons. The minimum absolute atomic E-state index is 0.0480. The maximum absolute atomic E-state index is 12.2. The molecule has 8 nitrogen and oxygen atoms in total. The molecule has 1 N–H and O–H groups in total. The van der Waals surface area contributed by atoms with Crippen LogP contribution in [0.1, 0.15) is 17.5 Å². The maximum Gasteiger partial charge on any atom is 0.308 e. The van der Waals surface area contributed by atoms with E-state index in [-0.39, 0.29) is 16.2 Å². The lowest BCUT2D eigenvalue weighted by Gasteiger charge is -2.13. The van der Waals surface area contributed by atoms with Gasteiger partial charge in [-0.3, -0.25) is 13.2 Å². The lowest BCUT2D eigenvalue weighted by Crippen LogP contribution is -2.24. The van der Waals surface area contributed by atoms with Crippen molar-refractivity contribution in [3.63, 3.8) is 0 Å². The van der Waals surface area contributed by atoms with Gasteiger partial charge < -0.3 is 5.11 Å². The van der Waals surface area contributed by atoms with Gasteiger partial charge in [0.15, 0.2) is 0 Å². The highest BCUT2D eigenvalue weighted by molar-refractivity contribution is 7.87. The van der Waals surface area contributed by atoms with Crippen molar-refractivity contribution in [2.75, 3.05) is 13.2 Å². The molecule has 2 aromatic rings. The molecule has 1 unspecified atom stereocenters. The molecule has 0 aliphatic rings. The van der Waals surface area contributed by atoms with E-state index in [9.17, 15) is 26.7 Å². The van der Waals surface area contributed by atoms with Crippen LogP contribution < -0.4 is 0 Å². The Kier molecular flexibility index (Phi) is 7.53. The van der Waals surface area contributed by atoms with Gasteiger partial charge in [-0.05, 0) is 44.5 Å².